The molecule has 0 saturated carbocycles. The molecule has 0 aliphatic carbocycles. The highest BCUT2D eigenvalue weighted by Gasteiger charge is 2.13. The molecule has 0 bridgehead atoms. The van der Waals surface area contributed by atoms with E-state index < -0.39 is 0 Å². The van der Waals surface area contributed by atoms with Crippen molar-refractivity contribution in [1.82, 2.24) is 14.5 Å². The minimum absolute atomic E-state index is 0.113. The molecule has 0 aliphatic rings. The number of amides is 1. The van der Waals surface area contributed by atoms with E-state index in [0.717, 1.165) is 46.3 Å². The summed E-state index contributed by atoms with van der Waals surface area (Å²) < 4.78 is 2.24. The summed E-state index contributed by atoms with van der Waals surface area (Å²) >= 11 is 0. The van der Waals surface area contributed by atoms with Crippen LogP contribution in [0.2, 0.25) is 0 Å². The van der Waals surface area contributed by atoms with Crippen LogP contribution in [-0.4, -0.2) is 41.0 Å². The van der Waals surface area contributed by atoms with E-state index in [9.17, 15) is 4.79 Å². The number of hydrogen-bond acceptors (Lipinski definition) is 3. The van der Waals surface area contributed by atoms with E-state index in [4.69, 9.17) is 0 Å². The Morgan fingerprint density at radius 2 is 1.90 bits per heavy atom. The molecule has 1 amide bonds. The predicted octanol–water partition coefficient (Wildman–Crippen LogP) is 4.62. The van der Waals surface area contributed by atoms with Crippen LogP contribution in [0.4, 0.5) is 5.69 Å². The van der Waals surface area contributed by atoms with Crippen LogP contribution in [0.3, 0.4) is 0 Å². The van der Waals surface area contributed by atoms with Crippen LogP contribution in [0.15, 0.2) is 54.7 Å². The number of anilines is 1. The van der Waals surface area contributed by atoms with Gasteiger partial charge < -0.3 is 14.8 Å². The Morgan fingerprint density at radius 1 is 1.07 bits per heavy atom. The van der Waals surface area contributed by atoms with Gasteiger partial charge in [-0.05, 0) is 70.4 Å². The van der Waals surface area contributed by atoms with Crippen molar-refractivity contribution in [2.75, 3.05) is 26.0 Å². The summed E-state index contributed by atoms with van der Waals surface area (Å²) in [7, 11) is 4.15. The predicted molar refractivity (Wildman–Crippen MR) is 120 cm³/mol. The van der Waals surface area contributed by atoms with Crippen molar-refractivity contribution < 1.29 is 4.79 Å². The van der Waals surface area contributed by atoms with E-state index in [1.165, 1.54) is 5.52 Å². The molecule has 2 aromatic carbocycles. The summed E-state index contributed by atoms with van der Waals surface area (Å²) in [6.45, 7) is 5.86. The third-order valence-corrected chi connectivity index (χ3v) is 5.15. The summed E-state index contributed by atoms with van der Waals surface area (Å²) in [5.74, 6) is -0.113. The fourth-order valence-corrected chi connectivity index (χ4v) is 3.64. The summed E-state index contributed by atoms with van der Waals surface area (Å²) in [5.41, 5.74) is 5.40. The largest absolute Gasteiger partial charge is 0.346 e. The number of pyridine rings is 1. The minimum Gasteiger partial charge on any atom is -0.346 e. The third-order valence-electron chi connectivity index (χ3n) is 5.15. The van der Waals surface area contributed by atoms with Gasteiger partial charge in [0.05, 0.1) is 11.1 Å². The average Bonchev–Trinajstić information content (AvgIpc) is 3.08. The van der Waals surface area contributed by atoms with Crippen LogP contribution in [0.1, 0.15) is 21.6 Å². The first-order chi connectivity index (χ1) is 13.9. The van der Waals surface area contributed by atoms with E-state index in [1.807, 2.05) is 50.2 Å². The zero-order valence-corrected chi connectivity index (χ0v) is 17.4. The second-order valence-corrected chi connectivity index (χ2v) is 7.87. The van der Waals surface area contributed by atoms with Gasteiger partial charge in [0.25, 0.3) is 5.91 Å². The first-order valence-corrected chi connectivity index (χ1v) is 9.84. The van der Waals surface area contributed by atoms with Crippen molar-refractivity contribution in [2.45, 2.75) is 20.4 Å². The number of nitrogens with one attached hydrogen (secondary N) is 1. The van der Waals surface area contributed by atoms with Crippen molar-refractivity contribution in [2.24, 2.45) is 0 Å². The Kier molecular flexibility index (Phi) is 5.07. The molecule has 1 N–H and O–H groups in total. The lowest BCUT2D eigenvalue weighted by molar-refractivity contribution is 0.102. The van der Waals surface area contributed by atoms with Crippen LogP contribution in [0.25, 0.3) is 21.8 Å². The highest BCUT2D eigenvalue weighted by atomic mass is 16.1. The molecule has 0 unspecified atom stereocenters. The van der Waals surface area contributed by atoms with Gasteiger partial charge in [0.1, 0.15) is 0 Å². The second-order valence-electron chi connectivity index (χ2n) is 7.87. The first kappa shape index (κ1) is 19.2. The fraction of sp³-hybridized carbons (Fsp3) is 0.250. The maximum atomic E-state index is 13.1. The van der Waals surface area contributed by atoms with E-state index in [-0.39, 0.29) is 5.91 Å². The number of likely N-dealkylation sites (N-methyl/N-ethyl adjacent to an activating group) is 1. The van der Waals surface area contributed by atoms with Gasteiger partial charge in [0.15, 0.2) is 0 Å². The maximum Gasteiger partial charge on any atom is 0.256 e. The molecule has 0 aliphatic heterocycles. The molecule has 4 rings (SSSR count). The number of rotatable bonds is 5. The van der Waals surface area contributed by atoms with Gasteiger partial charge in [-0.2, -0.15) is 0 Å². The van der Waals surface area contributed by atoms with Crippen LogP contribution >= 0.6 is 0 Å². The molecule has 2 heterocycles. The summed E-state index contributed by atoms with van der Waals surface area (Å²) in [5, 5.41) is 5.06. The smallest absolute Gasteiger partial charge is 0.256 e. The van der Waals surface area contributed by atoms with E-state index in [1.54, 1.807) is 0 Å². The number of carbonyl (C=O) groups excluding carboxylic acids is 1. The molecule has 29 heavy (non-hydrogen) atoms. The van der Waals surface area contributed by atoms with Gasteiger partial charge >= 0.3 is 0 Å². The Bertz CT molecular complexity index is 1210. The summed E-state index contributed by atoms with van der Waals surface area (Å²) in [6.07, 6.45) is 2.10. The molecule has 0 radical (unpaired) electrons. The third kappa shape index (κ3) is 4.00. The van der Waals surface area contributed by atoms with Crippen LogP contribution in [0, 0.1) is 13.8 Å². The Morgan fingerprint density at radius 3 is 2.69 bits per heavy atom. The lowest BCUT2D eigenvalue weighted by Crippen LogP contribution is -2.17. The maximum absolute atomic E-state index is 13.1. The molecule has 4 aromatic rings. The van der Waals surface area contributed by atoms with Gasteiger partial charge in [-0.3, -0.25) is 9.78 Å². The number of nitrogens with zero attached hydrogens (tertiary/aromatic N) is 3. The molecular formula is C24H26N4O. The first-order valence-electron chi connectivity index (χ1n) is 9.84. The Hall–Kier alpha value is -3.18. The quantitative estimate of drug-likeness (QED) is 0.544. The van der Waals surface area contributed by atoms with Crippen molar-refractivity contribution in [3.05, 3.63) is 71.5 Å². The van der Waals surface area contributed by atoms with Crippen LogP contribution in [-0.2, 0) is 6.54 Å². The number of benzene rings is 2. The van der Waals surface area contributed by atoms with Crippen molar-refractivity contribution in [3.63, 3.8) is 0 Å². The molecule has 148 valence electrons. The lowest BCUT2D eigenvalue weighted by atomic mass is 10.0. The number of fused-ring (bicyclic) bond motifs is 2. The SMILES string of the molecule is Cc1ccc2nc(C)cc(C(=O)Nc3ccc4c(ccn4CCN(C)C)c3)c2c1. The van der Waals surface area contributed by atoms with Gasteiger partial charge in [-0.15, -0.1) is 0 Å². The van der Waals surface area contributed by atoms with Crippen molar-refractivity contribution in [3.8, 4) is 0 Å². The molecule has 0 spiro atoms. The Labute approximate surface area is 171 Å². The minimum atomic E-state index is -0.113. The van der Waals surface area contributed by atoms with Crippen molar-refractivity contribution >= 4 is 33.4 Å². The average molecular weight is 386 g/mol. The normalized spacial score (nSPS) is 11.5. The van der Waals surface area contributed by atoms with E-state index >= 15 is 0 Å². The molecular weight excluding hydrogens is 360 g/mol. The summed E-state index contributed by atoms with van der Waals surface area (Å²) in [6, 6.07) is 16.0. The molecule has 5 nitrogen and oxygen atoms in total. The summed E-state index contributed by atoms with van der Waals surface area (Å²) in [4.78, 5) is 19.8. The van der Waals surface area contributed by atoms with Crippen molar-refractivity contribution in [1.29, 1.82) is 0 Å². The van der Waals surface area contributed by atoms with E-state index in [2.05, 4.69) is 52.2 Å². The van der Waals surface area contributed by atoms with Gasteiger partial charge in [-0.25, -0.2) is 0 Å². The standard InChI is InChI=1S/C24H26N4O/c1-16-5-7-22-20(13-16)21(14-17(2)25-22)24(29)26-19-6-8-23-18(15-19)9-10-28(23)12-11-27(3)4/h5-10,13-15H,11-12H2,1-4H3,(H,26,29). The zero-order chi connectivity index (χ0) is 20.5. The van der Waals surface area contributed by atoms with Gasteiger partial charge in [0.2, 0.25) is 0 Å². The highest BCUT2D eigenvalue weighted by molar-refractivity contribution is 6.12. The molecule has 0 saturated heterocycles. The fourth-order valence-electron chi connectivity index (χ4n) is 3.64. The molecule has 0 fully saturated rings. The number of aromatic nitrogens is 2. The number of hydrogen-bond donors (Lipinski definition) is 1. The molecule has 5 heteroatoms. The second kappa shape index (κ2) is 7.68. The van der Waals surface area contributed by atoms with Crippen LogP contribution < -0.4 is 5.32 Å². The van der Waals surface area contributed by atoms with E-state index in [0.29, 0.717) is 5.56 Å². The highest BCUT2D eigenvalue weighted by Crippen LogP contribution is 2.24. The zero-order valence-electron chi connectivity index (χ0n) is 17.4. The topological polar surface area (TPSA) is 50.2 Å². The number of aryl methyl sites for hydroxylation is 2. The van der Waals surface area contributed by atoms with Gasteiger partial charge in [0, 0.05) is 47.0 Å². The monoisotopic (exact) mass is 386 g/mol. The molecule has 0 atom stereocenters. The van der Waals surface area contributed by atoms with Gasteiger partial charge in [-0.1, -0.05) is 11.6 Å². The molecule has 2 aromatic heterocycles. The Balaban J connectivity index is 1.63. The number of carbonyl (C=O) groups is 1. The van der Waals surface area contributed by atoms with Crippen LogP contribution in [0.5, 0.6) is 0 Å². The lowest BCUT2D eigenvalue weighted by Gasteiger charge is -2.12.